The minimum Gasteiger partial charge on any atom is -0.406 e. The topological polar surface area (TPSA) is 85.9 Å². The van der Waals surface area contributed by atoms with Crippen LogP contribution in [0.25, 0.3) is 6.08 Å². The molecule has 3 heterocycles. The van der Waals surface area contributed by atoms with E-state index in [4.69, 9.17) is 0 Å². The predicted molar refractivity (Wildman–Crippen MR) is 124 cm³/mol. The molecule has 2 aliphatic carbocycles. The first-order chi connectivity index (χ1) is 17.2. The molecule has 2 unspecified atom stereocenters. The van der Waals surface area contributed by atoms with E-state index in [-0.39, 0.29) is 23.5 Å². The zero-order valence-electron chi connectivity index (χ0n) is 19.7. The summed E-state index contributed by atoms with van der Waals surface area (Å²) in [6.07, 6.45) is 1.12. The Balaban J connectivity index is 0.997. The van der Waals surface area contributed by atoms with E-state index in [2.05, 4.69) is 26.0 Å². The fraction of sp³-hybridized carbons (Fsp3) is 0.600. The Morgan fingerprint density at radius 3 is 2.14 bits per heavy atom. The lowest BCUT2D eigenvalue weighted by Crippen LogP contribution is -2.45. The van der Waals surface area contributed by atoms with Crippen molar-refractivity contribution in [3.63, 3.8) is 0 Å². The Hall–Kier alpha value is -2.63. The highest BCUT2D eigenvalue weighted by Crippen LogP contribution is 2.54. The summed E-state index contributed by atoms with van der Waals surface area (Å²) in [5.74, 6) is 1.78. The van der Waals surface area contributed by atoms with E-state index in [9.17, 15) is 22.8 Å². The summed E-state index contributed by atoms with van der Waals surface area (Å²) in [5.41, 5.74) is 10.0. The summed E-state index contributed by atoms with van der Waals surface area (Å²) in [7, 11) is 0. The van der Waals surface area contributed by atoms with Crippen molar-refractivity contribution in [3.05, 3.63) is 35.9 Å². The number of amides is 2. The van der Waals surface area contributed by atoms with Crippen LogP contribution in [-0.2, 0) is 9.59 Å². The maximum Gasteiger partial charge on any atom is 0.573 e. The number of nitrogens with one attached hydrogen (secondary N) is 3. The molecule has 8 nitrogen and oxygen atoms in total. The van der Waals surface area contributed by atoms with Crippen LogP contribution in [0.15, 0.2) is 30.3 Å². The molecule has 1 aromatic rings. The van der Waals surface area contributed by atoms with Crippen molar-refractivity contribution in [1.29, 1.82) is 0 Å². The number of likely N-dealkylation sites (tertiary alicyclic amines) is 2. The van der Waals surface area contributed by atoms with Crippen molar-refractivity contribution in [3.8, 4) is 5.75 Å². The molecule has 194 valence electrons. The zero-order chi connectivity index (χ0) is 25.0. The fourth-order valence-corrected chi connectivity index (χ4v) is 7.00. The van der Waals surface area contributed by atoms with Gasteiger partial charge in [-0.15, -0.1) is 13.2 Å². The van der Waals surface area contributed by atoms with Gasteiger partial charge in [-0.1, -0.05) is 12.1 Å². The molecule has 3 saturated heterocycles. The third kappa shape index (κ3) is 4.48. The van der Waals surface area contributed by atoms with Crippen LogP contribution in [0.1, 0.15) is 24.8 Å². The molecule has 3 N–H and O–H groups in total. The molecule has 7 atom stereocenters. The van der Waals surface area contributed by atoms with Crippen molar-refractivity contribution < 1.29 is 27.5 Å². The maximum absolute atomic E-state index is 13.2. The second-order valence-electron chi connectivity index (χ2n) is 10.7. The number of rotatable bonds is 4. The lowest BCUT2D eigenvalue weighted by molar-refractivity contribution is -0.274. The first-order valence-corrected chi connectivity index (χ1v) is 12.6. The monoisotopic (exact) mass is 505 g/mol. The van der Waals surface area contributed by atoms with Gasteiger partial charge in [0.2, 0.25) is 11.8 Å². The smallest absolute Gasteiger partial charge is 0.406 e. The third-order valence-corrected chi connectivity index (χ3v) is 8.79. The van der Waals surface area contributed by atoms with Gasteiger partial charge in [-0.3, -0.25) is 9.59 Å². The lowest BCUT2D eigenvalue weighted by Gasteiger charge is -2.42. The van der Waals surface area contributed by atoms with E-state index in [1.807, 2.05) is 4.90 Å². The zero-order valence-corrected chi connectivity index (χ0v) is 19.7. The molecule has 3 aliphatic heterocycles. The molecule has 5 fully saturated rings. The van der Waals surface area contributed by atoms with Gasteiger partial charge in [0.05, 0.1) is 0 Å². The van der Waals surface area contributed by atoms with Crippen molar-refractivity contribution >= 4 is 17.9 Å². The average molecular weight is 506 g/mol. The van der Waals surface area contributed by atoms with Gasteiger partial charge in [-0.25, -0.2) is 10.9 Å². The summed E-state index contributed by atoms with van der Waals surface area (Å²) in [6, 6.07) is 6.11. The van der Waals surface area contributed by atoms with Crippen LogP contribution in [0.2, 0.25) is 0 Å². The van der Waals surface area contributed by atoms with E-state index < -0.39 is 6.36 Å². The molecule has 0 spiro atoms. The molecule has 1 aromatic carbocycles. The molecule has 36 heavy (non-hydrogen) atoms. The predicted octanol–water partition coefficient (Wildman–Crippen LogP) is 1.91. The molecule has 0 radical (unpaired) electrons. The van der Waals surface area contributed by atoms with E-state index in [0.717, 1.165) is 32.4 Å². The van der Waals surface area contributed by atoms with Gasteiger partial charge in [0.25, 0.3) is 0 Å². The highest BCUT2D eigenvalue weighted by molar-refractivity contribution is 5.92. The molecule has 0 bridgehead atoms. The number of hydrogen-bond donors (Lipinski definition) is 3. The van der Waals surface area contributed by atoms with Crippen LogP contribution in [-0.4, -0.2) is 66.2 Å². The van der Waals surface area contributed by atoms with Crippen molar-refractivity contribution in [2.24, 2.45) is 29.6 Å². The number of alkyl halides is 3. The number of benzene rings is 1. The molecule has 2 saturated carbocycles. The van der Waals surface area contributed by atoms with Gasteiger partial charge < -0.3 is 14.5 Å². The normalized spacial score (nSPS) is 35.4. The summed E-state index contributed by atoms with van der Waals surface area (Å²) in [6.45, 7) is 2.99. The lowest BCUT2D eigenvalue weighted by atomic mass is 9.60. The first kappa shape index (κ1) is 23.7. The van der Waals surface area contributed by atoms with E-state index in [0.29, 0.717) is 54.4 Å². The largest absolute Gasteiger partial charge is 0.573 e. The van der Waals surface area contributed by atoms with Gasteiger partial charge in [0.1, 0.15) is 5.75 Å². The van der Waals surface area contributed by atoms with Crippen molar-refractivity contribution in [2.75, 3.05) is 26.2 Å². The van der Waals surface area contributed by atoms with Crippen molar-refractivity contribution in [2.45, 2.75) is 37.7 Å². The molecular weight excluding hydrogens is 475 g/mol. The van der Waals surface area contributed by atoms with Crippen molar-refractivity contribution in [1.82, 2.24) is 26.2 Å². The van der Waals surface area contributed by atoms with Crippen LogP contribution >= 0.6 is 0 Å². The van der Waals surface area contributed by atoms with Crippen LogP contribution in [0.5, 0.6) is 5.75 Å². The van der Waals surface area contributed by atoms with Crippen LogP contribution < -0.4 is 21.1 Å². The second kappa shape index (κ2) is 9.04. The minimum atomic E-state index is -4.73. The molecule has 6 rings (SSSR count). The third-order valence-electron chi connectivity index (χ3n) is 8.79. The Bertz CT molecular complexity index is 1030. The highest BCUT2D eigenvalue weighted by atomic mass is 19.4. The number of ether oxygens (including phenoxy) is 1. The van der Waals surface area contributed by atoms with Gasteiger partial charge in [-0.2, -0.15) is 5.53 Å². The quantitative estimate of drug-likeness (QED) is 0.543. The Kier molecular flexibility index (Phi) is 5.96. The van der Waals surface area contributed by atoms with Crippen LogP contribution in [0.4, 0.5) is 13.2 Å². The van der Waals surface area contributed by atoms with Crippen LogP contribution in [0, 0.1) is 29.6 Å². The summed E-state index contributed by atoms with van der Waals surface area (Å²) in [4.78, 5) is 29.9. The Morgan fingerprint density at radius 2 is 1.50 bits per heavy atom. The number of carbonyl (C=O) groups excluding carboxylic acids is 2. The second-order valence-corrected chi connectivity index (χ2v) is 10.7. The number of carbonyl (C=O) groups is 2. The first-order valence-electron chi connectivity index (χ1n) is 12.6. The number of nitrogens with zero attached hydrogens (tertiary/aromatic N) is 2. The number of fused-ring (bicyclic) bond motifs is 5. The molecule has 5 aliphatic rings. The molecular formula is C25H30F3N5O3. The Morgan fingerprint density at radius 1 is 0.889 bits per heavy atom. The molecule has 11 heteroatoms. The van der Waals surface area contributed by atoms with Crippen LogP contribution in [0.3, 0.4) is 0 Å². The summed E-state index contributed by atoms with van der Waals surface area (Å²) >= 11 is 0. The highest BCUT2D eigenvalue weighted by Gasteiger charge is 2.59. The summed E-state index contributed by atoms with van der Waals surface area (Å²) < 4.78 is 40.8. The number of hydrazine groups is 2. The number of hydrogen-bond acceptors (Lipinski definition) is 6. The van der Waals surface area contributed by atoms with E-state index in [1.54, 1.807) is 6.08 Å². The Labute approximate surface area is 207 Å². The minimum absolute atomic E-state index is 0.0788. The van der Waals surface area contributed by atoms with E-state index >= 15 is 0 Å². The van der Waals surface area contributed by atoms with E-state index in [1.165, 1.54) is 30.3 Å². The summed E-state index contributed by atoms with van der Waals surface area (Å²) in [5, 5.41) is 0. The standard InChI is InChI=1S/C25H30F3N5O3/c26-25(27,28)36-16-5-1-14(2-6-16)3-8-23(34)32-10-17-18(11-32)20-13-33(12-19(17)20)24(35)15-4-7-21-22(9-15)30-31-29-21/h1-3,5-6,8,15,17-22,29-31H,4,7,9-13H2/b8-3+/t15-,17-,18+,19+,20-,21?,22?/m1/s1. The van der Waals surface area contributed by atoms with Gasteiger partial charge in [0, 0.05) is 50.3 Å². The number of halogens is 3. The molecule has 0 aromatic heterocycles. The SMILES string of the molecule is O=C(/C=C/c1ccc(OC(F)(F)F)cc1)N1C[C@@H]2[C@H](C1)[C@H]1CN(C(=O)[C@@H]3CCC4NNNC4C3)C[C@@H]21. The molecule has 2 amide bonds. The maximum atomic E-state index is 13.2. The fourth-order valence-electron chi connectivity index (χ4n) is 7.00. The van der Waals surface area contributed by atoms with Gasteiger partial charge >= 0.3 is 6.36 Å². The average Bonchev–Trinajstić information content (AvgIpc) is 3.56. The van der Waals surface area contributed by atoms with Gasteiger partial charge in [-0.05, 0) is 66.7 Å². The van der Waals surface area contributed by atoms with Gasteiger partial charge in [0.15, 0.2) is 0 Å².